The zero-order valence-electron chi connectivity index (χ0n) is 25.4. The van der Waals surface area contributed by atoms with Gasteiger partial charge in [-0.2, -0.15) is 0 Å². The van der Waals surface area contributed by atoms with Crippen molar-refractivity contribution in [3.05, 3.63) is 98.5 Å². The van der Waals surface area contributed by atoms with Gasteiger partial charge in [0.25, 0.3) is 0 Å². The summed E-state index contributed by atoms with van der Waals surface area (Å²) in [5.41, 5.74) is 4.35. The molecule has 0 aromatic heterocycles. The number of aliphatic hydroxyl groups is 1. The first-order valence-corrected chi connectivity index (χ1v) is 18.0. The van der Waals surface area contributed by atoms with Gasteiger partial charge in [-0.1, -0.05) is 74.3 Å². The molecule has 0 unspecified atom stereocenters. The summed E-state index contributed by atoms with van der Waals surface area (Å²) in [5, 5.41) is 27.5. The Bertz CT molecular complexity index is 1340. The normalized spacial score (nSPS) is 13.5. The fourth-order valence-corrected chi connectivity index (χ4v) is 6.31. The van der Waals surface area contributed by atoms with Gasteiger partial charge in [0, 0.05) is 34.7 Å². The third kappa shape index (κ3) is 10.1. The number of hydrogen-bond acceptors (Lipinski definition) is 5. The van der Waals surface area contributed by atoms with Crippen molar-refractivity contribution in [3.8, 4) is 5.75 Å². The Hall–Kier alpha value is -2.39. The molecule has 0 aliphatic rings. The maximum absolute atomic E-state index is 12.6. The zero-order chi connectivity index (χ0) is 31.1. The highest BCUT2D eigenvalue weighted by atomic mass is 35.5. The maximum atomic E-state index is 12.6. The molecule has 0 bridgehead atoms. The monoisotopic (exact) mass is 630 g/mol. The molecule has 2 atom stereocenters. The van der Waals surface area contributed by atoms with E-state index in [1.807, 2.05) is 24.3 Å². The Balaban J connectivity index is 1.62. The number of rotatable bonds is 13. The second-order valence-corrected chi connectivity index (χ2v) is 18.1. The second-order valence-electron chi connectivity index (χ2n) is 12.5. The van der Waals surface area contributed by atoms with E-state index in [4.69, 9.17) is 27.6 Å². The van der Waals surface area contributed by atoms with Crippen molar-refractivity contribution in [2.45, 2.75) is 84.0 Å². The summed E-state index contributed by atoms with van der Waals surface area (Å²) >= 11 is 12.1. The number of aliphatic hydroxyl groups excluding tert-OH is 1. The summed E-state index contributed by atoms with van der Waals surface area (Å²) in [5.74, 6) is 0.00673. The SMILES string of the molecule is C[C@H](Cc1cccc(CC(=O)NCc2cc(Cl)cc(Cl)c2)c1)NC[C@@H](O[Si](C)(C)C(C)(C)C)c1ccc(O)c(CO)c1. The summed E-state index contributed by atoms with van der Waals surface area (Å²) in [6.07, 6.45) is 0.824. The van der Waals surface area contributed by atoms with Crippen molar-refractivity contribution in [1.82, 2.24) is 10.6 Å². The van der Waals surface area contributed by atoms with Crippen LogP contribution in [0.25, 0.3) is 0 Å². The number of benzene rings is 3. The quantitative estimate of drug-likeness (QED) is 0.148. The van der Waals surface area contributed by atoms with Crippen LogP contribution in [-0.4, -0.2) is 37.0 Å². The number of amides is 1. The molecule has 0 aliphatic carbocycles. The van der Waals surface area contributed by atoms with E-state index < -0.39 is 8.32 Å². The number of carbonyl (C=O) groups is 1. The van der Waals surface area contributed by atoms with Crippen molar-refractivity contribution in [2.24, 2.45) is 0 Å². The number of nitrogens with one attached hydrogen (secondary N) is 2. The van der Waals surface area contributed by atoms with Crippen molar-refractivity contribution in [2.75, 3.05) is 6.54 Å². The molecule has 0 aliphatic heterocycles. The first-order chi connectivity index (χ1) is 19.7. The van der Waals surface area contributed by atoms with Gasteiger partial charge < -0.3 is 25.3 Å². The molecule has 0 spiro atoms. The lowest BCUT2D eigenvalue weighted by molar-refractivity contribution is -0.120. The van der Waals surface area contributed by atoms with Crippen LogP contribution in [0.4, 0.5) is 0 Å². The minimum absolute atomic E-state index is 0.0293. The molecule has 0 heterocycles. The summed E-state index contributed by atoms with van der Waals surface area (Å²) < 4.78 is 6.81. The van der Waals surface area contributed by atoms with Gasteiger partial charge in [0.2, 0.25) is 5.91 Å². The maximum Gasteiger partial charge on any atom is 0.224 e. The van der Waals surface area contributed by atoms with Crippen molar-refractivity contribution < 1.29 is 19.4 Å². The van der Waals surface area contributed by atoms with Gasteiger partial charge in [-0.25, -0.2) is 0 Å². The Morgan fingerprint density at radius 1 is 0.976 bits per heavy atom. The molecular formula is C33H44Cl2N2O4Si. The minimum Gasteiger partial charge on any atom is -0.508 e. The van der Waals surface area contributed by atoms with E-state index in [1.165, 1.54) is 0 Å². The van der Waals surface area contributed by atoms with E-state index in [-0.39, 0.29) is 41.9 Å². The predicted molar refractivity (Wildman–Crippen MR) is 175 cm³/mol. The van der Waals surface area contributed by atoms with Crippen LogP contribution in [0.5, 0.6) is 5.75 Å². The van der Waals surface area contributed by atoms with Crippen LogP contribution in [0.3, 0.4) is 0 Å². The highest BCUT2D eigenvalue weighted by molar-refractivity contribution is 6.74. The summed E-state index contributed by atoms with van der Waals surface area (Å²) in [6.45, 7) is 13.9. The van der Waals surface area contributed by atoms with Crippen molar-refractivity contribution in [1.29, 1.82) is 0 Å². The third-order valence-corrected chi connectivity index (χ3v) is 12.8. The standard InChI is InChI=1S/C33H44Cl2N2O4Si/c1-22(36-20-31(41-42(5,6)33(2,3)4)26-10-11-30(39)27(17-26)21-38)12-23-8-7-9-24(13-23)16-32(40)37-19-25-14-28(34)18-29(35)15-25/h7-11,13-15,17-18,22,31,36,38-39H,12,16,19-21H2,1-6H3,(H,37,40)/t22-,31-/m1/s1. The van der Waals surface area contributed by atoms with E-state index in [2.05, 4.69) is 63.6 Å². The second kappa shape index (κ2) is 14.9. The number of halogens is 2. The van der Waals surface area contributed by atoms with E-state index in [0.717, 1.165) is 28.7 Å². The van der Waals surface area contributed by atoms with Crippen LogP contribution in [0.15, 0.2) is 60.7 Å². The number of phenols is 1. The zero-order valence-corrected chi connectivity index (χ0v) is 27.9. The van der Waals surface area contributed by atoms with Crippen LogP contribution < -0.4 is 10.6 Å². The molecule has 3 aromatic rings. The first kappa shape index (κ1) is 34.1. The number of hydrogen-bond donors (Lipinski definition) is 4. The molecular weight excluding hydrogens is 587 g/mol. The molecule has 228 valence electrons. The number of carbonyl (C=O) groups excluding carboxylic acids is 1. The Morgan fingerprint density at radius 2 is 1.64 bits per heavy atom. The minimum atomic E-state index is -2.11. The third-order valence-electron chi connectivity index (χ3n) is 7.85. The molecule has 42 heavy (non-hydrogen) atoms. The van der Waals surface area contributed by atoms with Gasteiger partial charge in [-0.3, -0.25) is 4.79 Å². The molecule has 0 radical (unpaired) electrons. The predicted octanol–water partition coefficient (Wildman–Crippen LogP) is 7.33. The van der Waals surface area contributed by atoms with Crippen molar-refractivity contribution >= 4 is 37.4 Å². The molecule has 6 nitrogen and oxygen atoms in total. The lowest BCUT2D eigenvalue weighted by atomic mass is 10.0. The van der Waals surface area contributed by atoms with E-state index >= 15 is 0 Å². The van der Waals surface area contributed by atoms with E-state index in [0.29, 0.717) is 28.7 Å². The van der Waals surface area contributed by atoms with Crippen LogP contribution in [0.1, 0.15) is 61.6 Å². The van der Waals surface area contributed by atoms with Gasteiger partial charge in [0.15, 0.2) is 8.32 Å². The topological polar surface area (TPSA) is 90.8 Å². The highest BCUT2D eigenvalue weighted by Crippen LogP contribution is 2.40. The van der Waals surface area contributed by atoms with Crippen LogP contribution in [-0.2, 0) is 35.2 Å². The average molecular weight is 632 g/mol. The first-order valence-electron chi connectivity index (χ1n) is 14.3. The summed E-state index contributed by atoms with van der Waals surface area (Å²) in [7, 11) is -2.11. The van der Waals surface area contributed by atoms with Gasteiger partial charge in [-0.05, 0) is 84.1 Å². The van der Waals surface area contributed by atoms with Crippen molar-refractivity contribution in [3.63, 3.8) is 0 Å². The van der Waals surface area contributed by atoms with E-state index in [1.54, 1.807) is 24.3 Å². The molecule has 0 saturated carbocycles. The van der Waals surface area contributed by atoms with Crippen LogP contribution >= 0.6 is 23.2 Å². The summed E-state index contributed by atoms with van der Waals surface area (Å²) in [4.78, 5) is 12.6. The van der Waals surface area contributed by atoms with Gasteiger partial charge in [-0.15, -0.1) is 0 Å². The fourth-order valence-electron chi connectivity index (χ4n) is 4.45. The molecule has 9 heteroatoms. The molecule has 4 N–H and O–H groups in total. The largest absolute Gasteiger partial charge is 0.508 e. The smallest absolute Gasteiger partial charge is 0.224 e. The fraction of sp³-hybridized carbons (Fsp3) is 0.424. The lowest BCUT2D eigenvalue weighted by Gasteiger charge is -2.40. The summed E-state index contributed by atoms with van der Waals surface area (Å²) in [6, 6.07) is 18.8. The van der Waals surface area contributed by atoms with Crippen LogP contribution in [0, 0.1) is 0 Å². The molecule has 3 rings (SSSR count). The van der Waals surface area contributed by atoms with Gasteiger partial charge in [0.1, 0.15) is 5.75 Å². The highest BCUT2D eigenvalue weighted by Gasteiger charge is 2.39. The lowest BCUT2D eigenvalue weighted by Crippen LogP contribution is -2.44. The number of aromatic hydroxyl groups is 1. The Labute approximate surface area is 261 Å². The Kier molecular flexibility index (Phi) is 12.1. The van der Waals surface area contributed by atoms with Gasteiger partial charge in [0.05, 0.1) is 19.1 Å². The Morgan fingerprint density at radius 3 is 2.29 bits per heavy atom. The molecule has 0 saturated heterocycles. The average Bonchev–Trinajstić information content (AvgIpc) is 2.89. The molecule has 0 fully saturated rings. The van der Waals surface area contributed by atoms with E-state index in [9.17, 15) is 15.0 Å². The molecule has 3 aromatic carbocycles. The molecule has 1 amide bonds. The van der Waals surface area contributed by atoms with Crippen LogP contribution in [0.2, 0.25) is 28.2 Å². The van der Waals surface area contributed by atoms with Gasteiger partial charge >= 0.3 is 0 Å².